The highest BCUT2D eigenvalue weighted by Crippen LogP contribution is 2.39. The summed E-state index contributed by atoms with van der Waals surface area (Å²) >= 11 is 5.57. The molecule has 0 bridgehead atoms. The molecule has 1 N–H and O–H groups in total. The van der Waals surface area contributed by atoms with Crippen LogP contribution in [-0.4, -0.2) is 38.7 Å². The Kier molecular flexibility index (Phi) is 5.76. The molecule has 3 aromatic rings. The Labute approximate surface area is 179 Å². The molecule has 3 heterocycles. The lowest BCUT2D eigenvalue weighted by Crippen LogP contribution is -2.36. The second kappa shape index (κ2) is 8.62. The summed E-state index contributed by atoms with van der Waals surface area (Å²) in [6, 6.07) is 15.3. The molecule has 1 aromatic carbocycles. The van der Waals surface area contributed by atoms with E-state index in [1.807, 2.05) is 46.0 Å². The minimum Gasteiger partial charge on any atom is -0.465 e. The van der Waals surface area contributed by atoms with E-state index >= 15 is 0 Å². The predicted molar refractivity (Wildman–Crippen MR) is 115 cm³/mol. The highest BCUT2D eigenvalue weighted by atomic mass is 32.1. The van der Waals surface area contributed by atoms with Crippen LogP contribution in [0.1, 0.15) is 30.4 Å². The largest absolute Gasteiger partial charge is 0.465 e. The Hall–Kier alpha value is -3.26. The van der Waals surface area contributed by atoms with E-state index in [4.69, 9.17) is 17.0 Å². The molecule has 0 spiro atoms. The smallest absolute Gasteiger partial charge is 0.325 e. The maximum Gasteiger partial charge on any atom is 0.325 e. The first-order valence-corrected chi connectivity index (χ1v) is 10.1. The molecule has 0 radical (unpaired) electrons. The van der Waals surface area contributed by atoms with Gasteiger partial charge in [-0.3, -0.25) is 9.78 Å². The fraction of sp³-hybridized carbons (Fsp3) is 0.227. The van der Waals surface area contributed by atoms with Crippen LogP contribution >= 0.6 is 12.2 Å². The van der Waals surface area contributed by atoms with Crippen molar-refractivity contribution < 1.29 is 13.9 Å². The summed E-state index contributed by atoms with van der Waals surface area (Å²) in [4.78, 5) is 18.6. The number of esters is 1. The number of ether oxygens (including phenoxy) is 1. The van der Waals surface area contributed by atoms with Gasteiger partial charge in [-0.2, -0.15) is 0 Å². The molecular formula is C22H21FN4O2S. The van der Waals surface area contributed by atoms with Crippen LogP contribution in [0, 0.1) is 5.82 Å². The van der Waals surface area contributed by atoms with Crippen molar-refractivity contribution in [1.82, 2.24) is 19.8 Å². The highest BCUT2D eigenvalue weighted by molar-refractivity contribution is 7.80. The molecule has 1 fully saturated rings. The third-order valence-electron chi connectivity index (χ3n) is 4.99. The lowest BCUT2D eigenvalue weighted by molar-refractivity contribution is -0.143. The van der Waals surface area contributed by atoms with Crippen LogP contribution in [0.25, 0.3) is 5.69 Å². The second-order valence-electron chi connectivity index (χ2n) is 6.84. The maximum absolute atomic E-state index is 13.4. The number of hydrogen-bond donors (Lipinski definition) is 1. The van der Waals surface area contributed by atoms with Crippen LogP contribution in [0.5, 0.6) is 0 Å². The van der Waals surface area contributed by atoms with Crippen LogP contribution in [0.3, 0.4) is 0 Å². The van der Waals surface area contributed by atoms with Gasteiger partial charge < -0.3 is 19.5 Å². The summed E-state index contributed by atoms with van der Waals surface area (Å²) in [6.07, 6.45) is 3.63. The second-order valence-corrected chi connectivity index (χ2v) is 7.23. The number of aromatic nitrogens is 2. The van der Waals surface area contributed by atoms with Crippen molar-refractivity contribution in [2.75, 3.05) is 13.2 Å². The molecule has 1 aliphatic rings. The Morgan fingerprint density at radius 3 is 2.70 bits per heavy atom. The molecule has 4 rings (SSSR count). The summed E-state index contributed by atoms with van der Waals surface area (Å²) in [7, 11) is 0. The van der Waals surface area contributed by atoms with E-state index in [0.717, 1.165) is 17.1 Å². The number of pyridine rings is 1. The molecule has 2 aromatic heterocycles. The Balaban J connectivity index is 1.77. The highest BCUT2D eigenvalue weighted by Gasteiger charge is 2.42. The van der Waals surface area contributed by atoms with Crippen molar-refractivity contribution in [2.45, 2.75) is 19.0 Å². The van der Waals surface area contributed by atoms with Crippen molar-refractivity contribution in [1.29, 1.82) is 0 Å². The molecule has 6 nitrogen and oxygen atoms in total. The standard InChI is InChI=1S/C22H21FN4O2S/c1-2-29-19(28)14-27-21(20(25-22(27)30)17-6-3-4-12-24-17)18-7-5-13-26(18)16-10-8-15(23)9-11-16/h3-13,20-21H,2,14H2,1H3,(H,25,30)/t20-,21-/m1/s1. The molecule has 2 atom stereocenters. The van der Waals surface area contributed by atoms with Crippen LogP contribution in [-0.2, 0) is 9.53 Å². The van der Waals surface area contributed by atoms with E-state index in [9.17, 15) is 9.18 Å². The Morgan fingerprint density at radius 2 is 2.00 bits per heavy atom. The monoisotopic (exact) mass is 424 g/mol. The van der Waals surface area contributed by atoms with Gasteiger partial charge in [-0.25, -0.2) is 4.39 Å². The molecule has 0 unspecified atom stereocenters. The number of nitrogens with one attached hydrogen (secondary N) is 1. The molecule has 0 amide bonds. The minimum absolute atomic E-state index is 0.0161. The van der Waals surface area contributed by atoms with E-state index in [2.05, 4.69) is 10.3 Å². The van der Waals surface area contributed by atoms with Gasteiger partial charge in [0.15, 0.2) is 5.11 Å². The van der Waals surface area contributed by atoms with Crippen molar-refractivity contribution in [2.24, 2.45) is 0 Å². The van der Waals surface area contributed by atoms with E-state index in [0.29, 0.717) is 11.7 Å². The third kappa shape index (κ3) is 3.91. The number of rotatable bonds is 6. The van der Waals surface area contributed by atoms with E-state index in [1.54, 1.807) is 25.3 Å². The average Bonchev–Trinajstić information content (AvgIpc) is 3.34. The number of halogens is 1. The van der Waals surface area contributed by atoms with Gasteiger partial charge in [0.05, 0.1) is 24.4 Å². The van der Waals surface area contributed by atoms with Gasteiger partial charge in [0.2, 0.25) is 0 Å². The number of carbonyl (C=O) groups is 1. The van der Waals surface area contributed by atoms with Crippen molar-refractivity contribution in [3.05, 3.63) is 84.2 Å². The van der Waals surface area contributed by atoms with E-state index in [-0.39, 0.29) is 30.4 Å². The Bertz CT molecular complexity index is 1040. The summed E-state index contributed by atoms with van der Waals surface area (Å²) in [5.74, 6) is -0.653. The fourth-order valence-corrected chi connectivity index (χ4v) is 4.02. The number of thiocarbonyl (C=S) groups is 1. The van der Waals surface area contributed by atoms with Gasteiger partial charge in [-0.15, -0.1) is 0 Å². The predicted octanol–water partition coefficient (Wildman–Crippen LogP) is 3.55. The average molecular weight is 425 g/mol. The van der Waals surface area contributed by atoms with Crippen molar-refractivity contribution in [3.63, 3.8) is 0 Å². The van der Waals surface area contributed by atoms with E-state index in [1.165, 1.54) is 12.1 Å². The summed E-state index contributed by atoms with van der Waals surface area (Å²) in [5, 5.41) is 3.76. The van der Waals surface area contributed by atoms with Gasteiger partial charge in [0.1, 0.15) is 12.4 Å². The first-order valence-electron chi connectivity index (χ1n) is 9.65. The van der Waals surface area contributed by atoms with Crippen LogP contribution in [0.4, 0.5) is 4.39 Å². The molecule has 154 valence electrons. The van der Waals surface area contributed by atoms with Gasteiger partial charge in [0, 0.05) is 23.8 Å². The first-order chi connectivity index (χ1) is 14.6. The quantitative estimate of drug-likeness (QED) is 0.483. The Morgan fingerprint density at radius 1 is 1.20 bits per heavy atom. The number of nitrogens with zero attached hydrogens (tertiary/aromatic N) is 3. The lowest BCUT2D eigenvalue weighted by Gasteiger charge is -2.28. The first kappa shape index (κ1) is 20.0. The molecule has 30 heavy (non-hydrogen) atoms. The lowest BCUT2D eigenvalue weighted by atomic mass is 10.0. The van der Waals surface area contributed by atoms with Crippen LogP contribution < -0.4 is 5.32 Å². The molecular weight excluding hydrogens is 403 g/mol. The molecule has 0 saturated carbocycles. The normalized spacial score (nSPS) is 18.3. The van der Waals surface area contributed by atoms with Gasteiger partial charge in [-0.05, 0) is 67.7 Å². The van der Waals surface area contributed by atoms with Crippen LogP contribution in [0.2, 0.25) is 0 Å². The fourth-order valence-electron chi connectivity index (χ4n) is 3.72. The number of hydrogen-bond acceptors (Lipinski definition) is 4. The van der Waals surface area contributed by atoms with Crippen molar-refractivity contribution >= 4 is 23.3 Å². The van der Waals surface area contributed by atoms with E-state index < -0.39 is 0 Å². The van der Waals surface area contributed by atoms with Gasteiger partial charge in [0.25, 0.3) is 0 Å². The zero-order valence-corrected chi connectivity index (χ0v) is 17.2. The van der Waals surface area contributed by atoms with Crippen LogP contribution in [0.15, 0.2) is 67.0 Å². The topological polar surface area (TPSA) is 59.4 Å². The molecule has 0 aliphatic carbocycles. The SMILES string of the molecule is CCOC(=O)CN1C(=S)N[C@H](c2ccccn2)[C@H]1c1cccn1-c1ccc(F)cc1. The summed E-state index contributed by atoms with van der Waals surface area (Å²) < 4.78 is 20.6. The zero-order valence-electron chi connectivity index (χ0n) is 16.4. The zero-order chi connectivity index (χ0) is 21.1. The third-order valence-corrected chi connectivity index (χ3v) is 5.34. The maximum atomic E-state index is 13.4. The molecule has 8 heteroatoms. The van der Waals surface area contributed by atoms with Crippen molar-refractivity contribution in [3.8, 4) is 5.69 Å². The number of carbonyl (C=O) groups excluding carboxylic acids is 1. The van der Waals surface area contributed by atoms with Gasteiger partial charge >= 0.3 is 5.97 Å². The molecule has 1 saturated heterocycles. The molecule has 1 aliphatic heterocycles. The summed E-state index contributed by atoms with van der Waals surface area (Å²) in [6.45, 7) is 2.09. The summed E-state index contributed by atoms with van der Waals surface area (Å²) in [5.41, 5.74) is 2.52. The number of benzene rings is 1. The van der Waals surface area contributed by atoms with Gasteiger partial charge in [-0.1, -0.05) is 6.07 Å². The minimum atomic E-state index is -0.354.